The molecule has 1 saturated heterocycles. The van der Waals surface area contributed by atoms with Crippen molar-refractivity contribution >= 4 is 39.2 Å². The van der Waals surface area contributed by atoms with Crippen molar-refractivity contribution in [1.29, 1.82) is 0 Å². The summed E-state index contributed by atoms with van der Waals surface area (Å²) in [4.78, 5) is 35.9. The molecule has 134 valence electrons. The minimum Gasteiger partial charge on any atom is -0.369 e. The Morgan fingerprint density at radius 2 is 2.24 bits per heavy atom. The van der Waals surface area contributed by atoms with E-state index in [0.29, 0.717) is 17.8 Å². The molecule has 1 aliphatic heterocycles. The van der Waals surface area contributed by atoms with Crippen molar-refractivity contribution in [3.63, 3.8) is 0 Å². The lowest BCUT2D eigenvalue weighted by Gasteiger charge is -2.15. The minimum atomic E-state index is -0.0681. The summed E-state index contributed by atoms with van der Waals surface area (Å²) in [6, 6.07) is 0. The van der Waals surface area contributed by atoms with Crippen LogP contribution in [0.5, 0.6) is 0 Å². The van der Waals surface area contributed by atoms with Gasteiger partial charge in [-0.05, 0) is 32.3 Å². The van der Waals surface area contributed by atoms with Gasteiger partial charge >= 0.3 is 0 Å². The number of thiophene rings is 1. The number of nitrogens with zero attached hydrogens (tertiary/aromatic N) is 3. The Labute approximate surface area is 150 Å². The molecule has 1 fully saturated rings. The van der Waals surface area contributed by atoms with Crippen LogP contribution in [0.25, 0.3) is 10.2 Å². The number of likely N-dealkylation sites (tertiary alicyclic amines) is 1. The number of nitrogens with one attached hydrogen (secondary N) is 2. The number of fused-ring (bicyclic) bond motifs is 1. The standard InChI is InChI=1S/C17H23N5O2S/c1-3-18-16(24)14-11(2)13-15(20-10-21-17(13)25-14)19-7-5-9-22-8-4-6-12(22)23/h10H,3-9H2,1-2H3,(H,18,24)(H,19,20,21). The Kier molecular flexibility index (Phi) is 5.47. The van der Waals surface area contributed by atoms with Crippen molar-refractivity contribution in [2.75, 3.05) is 31.5 Å². The third-order valence-electron chi connectivity index (χ3n) is 4.34. The Morgan fingerprint density at radius 3 is 2.96 bits per heavy atom. The van der Waals surface area contributed by atoms with Crippen LogP contribution < -0.4 is 10.6 Å². The maximum atomic E-state index is 12.2. The van der Waals surface area contributed by atoms with E-state index in [1.807, 2.05) is 18.7 Å². The fraction of sp³-hybridized carbons (Fsp3) is 0.529. The van der Waals surface area contributed by atoms with E-state index in [-0.39, 0.29) is 11.8 Å². The van der Waals surface area contributed by atoms with Crippen LogP contribution in [-0.2, 0) is 4.79 Å². The predicted molar refractivity (Wildman–Crippen MR) is 99.1 cm³/mol. The van der Waals surface area contributed by atoms with Crippen LogP contribution in [-0.4, -0.2) is 52.9 Å². The van der Waals surface area contributed by atoms with Crippen molar-refractivity contribution in [2.45, 2.75) is 33.1 Å². The lowest BCUT2D eigenvalue weighted by molar-refractivity contribution is -0.127. The van der Waals surface area contributed by atoms with Crippen molar-refractivity contribution in [3.8, 4) is 0 Å². The zero-order chi connectivity index (χ0) is 17.8. The summed E-state index contributed by atoms with van der Waals surface area (Å²) >= 11 is 1.39. The maximum absolute atomic E-state index is 12.2. The zero-order valence-electron chi connectivity index (χ0n) is 14.6. The summed E-state index contributed by atoms with van der Waals surface area (Å²) in [6.45, 7) is 6.79. The highest BCUT2D eigenvalue weighted by Crippen LogP contribution is 2.33. The summed E-state index contributed by atoms with van der Waals surface area (Å²) in [5.74, 6) is 0.938. The molecule has 2 aromatic rings. The van der Waals surface area contributed by atoms with E-state index >= 15 is 0 Å². The predicted octanol–water partition coefficient (Wildman–Crippen LogP) is 2.17. The number of aryl methyl sites for hydroxylation is 1. The van der Waals surface area contributed by atoms with E-state index in [2.05, 4.69) is 20.6 Å². The van der Waals surface area contributed by atoms with Gasteiger partial charge in [0.25, 0.3) is 5.91 Å². The molecule has 2 aromatic heterocycles. The second-order valence-electron chi connectivity index (χ2n) is 6.08. The molecular formula is C17H23N5O2S. The smallest absolute Gasteiger partial charge is 0.261 e. The molecular weight excluding hydrogens is 338 g/mol. The molecule has 0 aliphatic carbocycles. The number of rotatable bonds is 7. The number of carbonyl (C=O) groups excluding carboxylic acids is 2. The molecule has 0 unspecified atom stereocenters. The van der Waals surface area contributed by atoms with Crippen LogP contribution >= 0.6 is 11.3 Å². The monoisotopic (exact) mass is 361 g/mol. The van der Waals surface area contributed by atoms with E-state index < -0.39 is 0 Å². The summed E-state index contributed by atoms with van der Waals surface area (Å²) in [7, 11) is 0. The molecule has 0 aromatic carbocycles. The number of hydrogen-bond donors (Lipinski definition) is 2. The summed E-state index contributed by atoms with van der Waals surface area (Å²) < 4.78 is 0. The van der Waals surface area contributed by atoms with E-state index in [1.54, 1.807) is 0 Å². The molecule has 0 saturated carbocycles. The number of hydrogen-bond acceptors (Lipinski definition) is 6. The van der Waals surface area contributed by atoms with Crippen LogP contribution in [0.15, 0.2) is 6.33 Å². The molecule has 25 heavy (non-hydrogen) atoms. The number of aromatic nitrogens is 2. The van der Waals surface area contributed by atoms with Crippen LogP contribution in [0.2, 0.25) is 0 Å². The van der Waals surface area contributed by atoms with Crippen LogP contribution in [0.3, 0.4) is 0 Å². The molecule has 0 atom stereocenters. The first kappa shape index (κ1) is 17.6. The largest absolute Gasteiger partial charge is 0.369 e. The minimum absolute atomic E-state index is 0.0681. The second-order valence-corrected chi connectivity index (χ2v) is 7.08. The normalized spacial score (nSPS) is 14.3. The lowest BCUT2D eigenvalue weighted by atomic mass is 10.2. The first-order chi connectivity index (χ1) is 12.1. The highest BCUT2D eigenvalue weighted by molar-refractivity contribution is 7.20. The fourth-order valence-electron chi connectivity index (χ4n) is 3.08. The van der Waals surface area contributed by atoms with Crippen molar-refractivity contribution in [1.82, 2.24) is 20.2 Å². The number of amides is 2. The summed E-state index contributed by atoms with van der Waals surface area (Å²) in [5, 5.41) is 7.08. The van der Waals surface area contributed by atoms with Gasteiger partial charge in [-0.25, -0.2) is 9.97 Å². The fourth-order valence-corrected chi connectivity index (χ4v) is 4.15. The third kappa shape index (κ3) is 3.73. The van der Waals surface area contributed by atoms with Gasteiger partial charge in [0.2, 0.25) is 5.91 Å². The highest BCUT2D eigenvalue weighted by atomic mass is 32.1. The Balaban J connectivity index is 1.69. The van der Waals surface area contributed by atoms with Crippen molar-refractivity contribution < 1.29 is 9.59 Å². The van der Waals surface area contributed by atoms with Crippen molar-refractivity contribution in [3.05, 3.63) is 16.8 Å². The average molecular weight is 361 g/mol. The topological polar surface area (TPSA) is 87.2 Å². The van der Waals surface area contributed by atoms with Gasteiger partial charge in [0.1, 0.15) is 17.0 Å². The average Bonchev–Trinajstić information content (AvgIpc) is 3.16. The first-order valence-electron chi connectivity index (χ1n) is 8.65. The molecule has 1 aliphatic rings. The molecule has 7 nitrogen and oxygen atoms in total. The van der Waals surface area contributed by atoms with Crippen molar-refractivity contribution in [2.24, 2.45) is 0 Å². The highest BCUT2D eigenvalue weighted by Gasteiger charge is 2.20. The molecule has 3 heterocycles. The molecule has 0 radical (unpaired) electrons. The van der Waals surface area contributed by atoms with Gasteiger partial charge in [-0.1, -0.05) is 0 Å². The first-order valence-corrected chi connectivity index (χ1v) is 9.47. The van der Waals surface area contributed by atoms with E-state index in [9.17, 15) is 9.59 Å². The Hall–Kier alpha value is -2.22. The molecule has 8 heteroatoms. The van der Waals surface area contributed by atoms with Gasteiger partial charge in [-0.2, -0.15) is 0 Å². The molecule has 2 N–H and O–H groups in total. The molecule has 2 amide bonds. The van der Waals surface area contributed by atoms with E-state index in [1.165, 1.54) is 17.7 Å². The zero-order valence-corrected chi connectivity index (χ0v) is 15.4. The molecule has 0 spiro atoms. The Bertz CT molecular complexity index is 789. The van der Waals surface area contributed by atoms with Gasteiger partial charge in [0.15, 0.2) is 0 Å². The molecule has 3 rings (SSSR count). The van der Waals surface area contributed by atoms with Gasteiger partial charge in [-0.3, -0.25) is 9.59 Å². The SMILES string of the molecule is CCNC(=O)c1sc2ncnc(NCCCN3CCCC3=O)c2c1C. The molecule has 0 bridgehead atoms. The Morgan fingerprint density at radius 1 is 1.40 bits per heavy atom. The van der Waals surface area contributed by atoms with Crippen LogP contribution in [0, 0.1) is 6.92 Å². The van der Waals surface area contributed by atoms with Gasteiger partial charge in [0, 0.05) is 32.6 Å². The van der Waals surface area contributed by atoms with Gasteiger partial charge < -0.3 is 15.5 Å². The number of anilines is 1. The summed E-state index contributed by atoms with van der Waals surface area (Å²) in [5.41, 5.74) is 0.906. The maximum Gasteiger partial charge on any atom is 0.261 e. The van der Waals surface area contributed by atoms with Crippen LogP contribution in [0.1, 0.15) is 41.4 Å². The van der Waals surface area contributed by atoms with Gasteiger partial charge in [-0.15, -0.1) is 11.3 Å². The number of carbonyl (C=O) groups is 2. The van der Waals surface area contributed by atoms with Gasteiger partial charge in [0.05, 0.1) is 10.3 Å². The quantitative estimate of drug-likeness (QED) is 0.738. The third-order valence-corrected chi connectivity index (χ3v) is 5.54. The van der Waals surface area contributed by atoms with E-state index in [4.69, 9.17) is 0 Å². The van der Waals surface area contributed by atoms with E-state index in [0.717, 1.165) is 54.1 Å². The summed E-state index contributed by atoms with van der Waals surface area (Å²) in [6.07, 6.45) is 4.03. The van der Waals surface area contributed by atoms with Crippen LogP contribution in [0.4, 0.5) is 5.82 Å². The lowest BCUT2D eigenvalue weighted by Crippen LogP contribution is -2.27. The second kappa shape index (κ2) is 7.77.